The Bertz CT molecular complexity index is 475. The molecule has 0 amide bonds. The van der Waals surface area contributed by atoms with Crippen molar-refractivity contribution in [2.75, 3.05) is 17.3 Å². The Morgan fingerprint density at radius 1 is 1.44 bits per heavy atom. The minimum absolute atomic E-state index is 0.105. The van der Waals surface area contributed by atoms with Crippen LogP contribution in [0.15, 0.2) is 4.90 Å². The Morgan fingerprint density at radius 3 is 2.62 bits per heavy atom. The summed E-state index contributed by atoms with van der Waals surface area (Å²) in [7, 11) is -3.30. The molecular formula is C9H15N3O2S2. The summed E-state index contributed by atoms with van der Waals surface area (Å²) in [5.74, 6) is 0.105. The lowest BCUT2D eigenvalue weighted by Gasteiger charge is -2.12. The molecule has 0 bridgehead atoms. The molecule has 0 aliphatic heterocycles. The number of hydrogen-bond donors (Lipinski definition) is 2. The van der Waals surface area contributed by atoms with Gasteiger partial charge in [0.15, 0.2) is 15.7 Å². The van der Waals surface area contributed by atoms with E-state index in [1.165, 1.54) is 12.8 Å². The second kappa shape index (κ2) is 4.21. The summed E-state index contributed by atoms with van der Waals surface area (Å²) in [4.78, 5) is 0.157. The minimum Gasteiger partial charge on any atom is -0.382 e. The van der Waals surface area contributed by atoms with E-state index in [1.54, 1.807) is 0 Å². The number of nitrogens with two attached hydrogens (primary N) is 1. The normalized spacial score (nSPS) is 17.8. The van der Waals surface area contributed by atoms with Crippen molar-refractivity contribution in [3.05, 3.63) is 0 Å². The third-order valence-electron chi connectivity index (χ3n) is 2.74. The van der Waals surface area contributed by atoms with Gasteiger partial charge in [-0.15, -0.1) is 0 Å². The van der Waals surface area contributed by atoms with Gasteiger partial charge in [-0.25, -0.2) is 8.42 Å². The molecule has 2 rings (SSSR count). The summed E-state index contributed by atoms with van der Waals surface area (Å²) in [6, 6.07) is 0.361. The van der Waals surface area contributed by atoms with Gasteiger partial charge in [0, 0.05) is 12.3 Å². The average Bonchev–Trinajstić information content (AvgIpc) is 2.75. The maximum absolute atomic E-state index is 11.6. The fraction of sp³-hybridized carbons (Fsp3) is 0.667. The van der Waals surface area contributed by atoms with Crippen LogP contribution in [0.25, 0.3) is 0 Å². The number of aromatic nitrogens is 1. The van der Waals surface area contributed by atoms with E-state index in [9.17, 15) is 8.42 Å². The van der Waals surface area contributed by atoms with Gasteiger partial charge < -0.3 is 11.1 Å². The van der Waals surface area contributed by atoms with Gasteiger partial charge in [-0.05, 0) is 24.4 Å². The maximum Gasteiger partial charge on any atom is 0.182 e. The van der Waals surface area contributed by atoms with E-state index in [-0.39, 0.29) is 10.7 Å². The predicted octanol–water partition coefficient (Wildman–Crippen LogP) is 1.48. The van der Waals surface area contributed by atoms with Crippen LogP contribution in [0.4, 0.5) is 10.8 Å². The Balaban J connectivity index is 2.27. The molecule has 5 nitrogen and oxygen atoms in total. The van der Waals surface area contributed by atoms with E-state index >= 15 is 0 Å². The number of rotatable bonds is 3. The SMILES string of the molecule is CS(=O)(=O)c1c(N)nsc1NC1CCCC1. The van der Waals surface area contributed by atoms with Gasteiger partial charge in [0.25, 0.3) is 0 Å². The quantitative estimate of drug-likeness (QED) is 0.861. The molecule has 1 fully saturated rings. The van der Waals surface area contributed by atoms with E-state index < -0.39 is 9.84 Å². The van der Waals surface area contributed by atoms with Crippen LogP contribution < -0.4 is 11.1 Å². The molecule has 1 aromatic heterocycles. The summed E-state index contributed by atoms with van der Waals surface area (Å²) in [5.41, 5.74) is 5.58. The topological polar surface area (TPSA) is 85.1 Å². The third kappa shape index (κ3) is 2.30. The van der Waals surface area contributed by atoms with E-state index in [2.05, 4.69) is 9.69 Å². The number of nitrogen functional groups attached to an aromatic ring is 1. The fourth-order valence-electron chi connectivity index (χ4n) is 2.00. The Hall–Kier alpha value is -0.820. The van der Waals surface area contributed by atoms with E-state index in [0.717, 1.165) is 30.6 Å². The highest BCUT2D eigenvalue weighted by Crippen LogP contribution is 2.33. The van der Waals surface area contributed by atoms with Gasteiger partial charge in [-0.2, -0.15) is 4.37 Å². The maximum atomic E-state index is 11.6. The number of anilines is 2. The summed E-state index contributed by atoms with van der Waals surface area (Å²) in [5, 5.41) is 3.82. The predicted molar refractivity (Wildman–Crippen MR) is 65.5 cm³/mol. The molecular weight excluding hydrogens is 246 g/mol. The van der Waals surface area contributed by atoms with Crippen LogP contribution in [0.5, 0.6) is 0 Å². The average molecular weight is 261 g/mol. The van der Waals surface area contributed by atoms with Crippen molar-refractivity contribution in [1.29, 1.82) is 0 Å². The lowest BCUT2D eigenvalue weighted by Crippen LogP contribution is -2.15. The lowest BCUT2D eigenvalue weighted by atomic mass is 10.2. The second-order valence-corrected chi connectivity index (χ2v) is 6.85. The number of sulfone groups is 1. The molecule has 0 radical (unpaired) electrons. The number of hydrogen-bond acceptors (Lipinski definition) is 6. The van der Waals surface area contributed by atoms with Crippen molar-refractivity contribution in [3.63, 3.8) is 0 Å². The molecule has 0 unspecified atom stereocenters. The summed E-state index contributed by atoms with van der Waals surface area (Å²) in [6.07, 6.45) is 5.72. The van der Waals surface area contributed by atoms with Crippen molar-refractivity contribution in [2.24, 2.45) is 0 Å². The monoisotopic (exact) mass is 261 g/mol. The van der Waals surface area contributed by atoms with Crippen LogP contribution >= 0.6 is 11.5 Å². The fourth-order valence-corrected chi connectivity index (χ4v) is 4.13. The number of nitrogens with one attached hydrogen (secondary N) is 1. The first-order chi connectivity index (χ1) is 7.48. The molecule has 7 heteroatoms. The standard InChI is InChI=1S/C9H15N3O2S2/c1-16(13,14)7-8(10)12-15-9(7)11-6-4-2-3-5-6/h6,11H,2-5H2,1H3,(H2,10,12). The highest BCUT2D eigenvalue weighted by molar-refractivity contribution is 7.91. The molecule has 1 heterocycles. The molecule has 16 heavy (non-hydrogen) atoms. The van der Waals surface area contributed by atoms with Crippen LogP contribution in [-0.4, -0.2) is 25.1 Å². The zero-order valence-corrected chi connectivity index (χ0v) is 10.7. The highest BCUT2D eigenvalue weighted by Gasteiger charge is 2.24. The molecule has 90 valence electrons. The minimum atomic E-state index is -3.30. The van der Waals surface area contributed by atoms with Gasteiger partial charge in [-0.3, -0.25) is 0 Å². The van der Waals surface area contributed by atoms with Crippen LogP contribution in [0.1, 0.15) is 25.7 Å². The smallest absolute Gasteiger partial charge is 0.182 e. The Labute approximate surface area is 99.1 Å². The lowest BCUT2D eigenvalue weighted by molar-refractivity contribution is 0.602. The Kier molecular flexibility index (Phi) is 3.07. The first-order valence-corrected chi connectivity index (χ1v) is 7.86. The molecule has 3 N–H and O–H groups in total. The Morgan fingerprint density at radius 2 is 2.06 bits per heavy atom. The van der Waals surface area contributed by atoms with Gasteiger partial charge in [-0.1, -0.05) is 12.8 Å². The zero-order chi connectivity index (χ0) is 11.8. The third-order valence-corrected chi connectivity index (χ3v) is 4.81. The highest BCUT2D eigenvalue weighted by atomic mass is 32.2. The van der Waals surface area contributed by atoms with Crippen LogP contribution in [-0.2, 0) is 9.84 Å². The first-order valence-electron chi connectivity index (χ1n) is 5.20. The van der Waals surface area contributed by atoms with Crippen LogP contribution in [0, 0.1) is 0 Å². The number of nitrogens with zero attached hydrogens (tertiary/aromatic N) is 1. The summed E-state index contributed by atoms with van der Waals surface area (Å²) < 4.78 is 27.0. The summed E-state index contributed by atoms with van der Waals surface area (Å²) in [6.45, 7) is 0. The van der Waals surface area contributed by atoms with Gasteiger partial charge in [0.05, 0.1) is 0 Å². The molecule has 0 saturated heterocycles. The summed E-state index contributed by atoms with van der Waals surface area (Å²) >= 11 is 1.12. The van der Waals surface area contributed by atoms with E-state index in [0.29, 0.717) is 11.0 Å². The molecule has 1 aromatic rings. The van der Waals surface area contributed by atoms with Gasteiger partial charge in [0.1, 0.15) is 9.90 Å². The van der Waals surface area contributed by atoms with Crippen LogP contribution in [0.3, 0.4) is 0 Å². The molecule has 0 aromatic carbocycles. The van der Waals surface area contributed by atoms with Crippen molar-refractivity contribution in [2.45, 2.75) is 36.6 Å². The van der Waals surface area contributed by atoms with Crippen molar-refractivity contribution >= 4 is 32.2 Å². The van der Waals surface area contributed by atoms with Gasteiger partial charge in [0.2, 0.25) is 0 Å². The van der Waals surface area contributed by atoms with E-state index in [1.807, 2.05) is 0 Å². The van der Waals surface area contributed by atoms with Crippen LogP contribution in [0.2, 0.25) is 0 Å². The van der Waals surface area contributed by atoms with Crippen molar-refractivity contribution in [1.82, 2.24) is 4.37 Å². The van der Waals surface area contributed by atoms with Crippen molar-refractivity contribution < 1.29 is 8.42 Å². The molecule has 0 spiro atoms. The van der Waals surface area contributed by atoms with Crippen molar-refractivity contribution in [3.8, 4) is 0 Å². The molecule has 0 atom stereocenters. The molecule has 1 aliphatic rings. The largest absolute Gasteiger partial charge is 0.382 e. The zero-order valence-electron chi connectivity index (χ0n) is 9.06. The molecule has 1 aliphatic carbocycles. The van der Waals surface area contributed by atoms with Gasteiger partial charge >= 0.3 is 0 Å². The first kappa shape index (κ1) is 11.7. The second-order valence-electron chi connectivity index (χ2n) is 4.12. The van der Waals surface area contributed by atoms with E-state index in [4.69, 9.17) is 5.73 Å². The molecule has 1 saturated carbocycles.